The van der Waals surface area contributed by atoms with Crippen LogP contribution in [0, 0.1) is 0 Å². The number of hydrogen-bond acceptors (Lipinski definition) is 7. The molecule has 12 nitrogen and oxygen atoms in total. The van der Waals surface area contributed by atoms with Gasteiger partial charge in [0.25, 0.3) is 0 Å². The Morgan fingerprint density at radius 2 is 1.44 bits per heavy atom. The molecule has 2 amide bonds. The monoisotopic (exact) mass is 363 g/mol. The van der Waals surface area contributed by atoms with Crippen LogP contribution in [0.1, 0.15) is 26.2 Å². The Balaban J connectivity index is 5.13. The zero-order valence-electron chi connectivity index (χ0n) is 13.3. The van der Waals surface area contributed by atoms with Gasteiger partial charge in [0.15, 0.2) is 0 Å². The molecule has 0 aliphatic rings. The number of carbonyl (C=O) groups excluding carboxylic acids is 2. The molecule has 0 aromatic rings. The quantitative estimate of drug-likeness (QED) is 0.198. The van der Waals surface area contributed by atoms with Gasteiger partial charge in [0.2, 0.25) is 11.8 Å². The molecule has 8 N–H and O–H groups in total. The number of carboxylic acid groups (broad SMARTS) is 3. The second-order valence-corrected chi connectivity index (χ2v) is 5.26. The van der Waals surface area contributed by atoms with E-state index in [0.29, 0.717) is 0 Å². The second-order valence-electron chi connectivity index (χ2n) is 5.26. The molecule has 0 saturated heterocycles. The topological polar surface area (TPSA) is 216 Å². The summed E-state index contributed by atoms with van der Waals surface area (Å²) in [6.07, 6.45) is -3.08. The van der Waals surface area contributed by atoms with E-state index in [1.165, 1.54) is 6.92 Å². The molecule has 0 radical (unpaired) electrons. The minimum Gasteiger partial charge on any atom is -0.481 e. The number of carbonyl (C=O) groups is 5. The van der Waals surface area contributed by atoms with E-state index in [-0.39, 0.29) is 0 Å². The first-order valence-electron chi connectivity index (χ1n) is 7.16. The summed E-state index contributed by atoms with van der Waals surface area (Å²) in [7, 11) is 0. The molecule has 0 unspecified atom stereocenters. The molecular formula is C13H21N3O9. The van der Waals surface area contributed by atoms with E-state index in [2.05, 4.69) is 5.32 Å². The lowest BCUT2D eigenvalue weighted by Gasteiger charge is -2.22. The minimum absolute atomic E-state index is 0.390. The normalized spacial score (nSPS) is 15.3. The summed E-state index contributed by atoms with van der Waals surface area (Å²) in [5, 5.41) is 39.5. The van der Waals surface area contributed by atoms with Crippen molar-refractivity contribution in [2.45, 2.75) is 50.4 Å². The van der Waals surface area contributed by atoms with E-state index in [9.17, 15) is 29.1 Å². The minimum atomic E-state index is -1.76. The van der Waals surface area contributed by atoms with Crippen molar-refractivity contribution >= 4 is 29.7 Å². The van der Waals surface area contributed by atoms with Crippen LogP contribution in [-0.4, -0.2) is 74.4 Å². The van der Waals surface area contributed by atoms with Crippen LogP contribution in [0.15, 0.2) is 0 Å². The van der Waals surface area contributed by atoms with E-state index in [1.807, 2.05) is 5.32 Å². The molecule has 0 aromatic carbocycles. The zero-order valence-corrected chi connectivity index (χ0v) is 13.3. The Labute approximate surface area is 142 Å². The van der Waals surface area contributed by atoms with Gasteiger partial charge in [-0.3, -0.25) is 19.2 Å². The fraction of sp³-hybridized carbons (Fsp3) is 0.615. The lowest BCUT2D eigenvalue weighted by atomic mass is 10.1. The number of nitrogens with two attached hydrogens (primary N) is 1. The Morgan fingerprint density at radius 1 is 0.920 bits per heavy atom. The van der Waals surface area contributed by atoms with Crippen molar-refractivity contribution in [3.8, 4) is 0 Å². The Morgan fingerprint density at radius 3 is 1.84 bits per heavy atom. The predicted octanol–water partition coefficient (Wildman–Crippen LogP) is -2.91. The van der Waals surface area contributed by atoms with Gasteiger partial charge in [-0.2, -0.15) is 0 Å². The largest absolute Gasteiger partial charge is 0.481 e. The maximum atomic E-state index is 12.1. The third kappa shape index (κ3) is 8.62. The van der Waals surface area contributed by atoms with Crippen molar-refractivity contribution < 1.29 is 44.4 Å². The lowest BCUT2D eigenvalue weighted by molar-refractivity contribution is -0.147. The number of carboxylic acids is 3. The molecule has 25 heavy (non-hydrogen) atoms. The summed E-state index contributed by atoms with van der Waals surface area (Å²) in [6.45, 7) is 1.23. The first-order valence-corrected chi connectivity index (χ1v) is 7.16. The lowest BCUT2D eigenvalue weighted by Crippen LogP contribution is -2.56. The highest BCUT2D eigenvalue weighted by Gasteiger charge is 2.30. The summed E-state index contributed by atoms with van der Waals surface area (Å²) in [6, 6.07) is -4.63. The van der Waals surface area contributed by atoms with Crippen LogP contribution in [0.25, 0.3) is 0 Å². The molecule has 4 atom stereocenters. The van der Waals surface area contributed by atoms with E-state index >= 15 is 0 Å². The third-order valence-corrected chi connectivity index (χ3v) is 3.10. The maximum absolute atomic E-state index is 12.1. The van der Waals surface area contributed by atoms with E-state index in [1.54, 1.807) is 0 Å². The van der Waals surface area contributed by atoms with Gasteiger partial charge in [-0.25, -0.2) is 4.79 Å². The van der Waals surface area contributed by atoms with Gasteiger partial charge in [0.05, 0.1) is 12.5 Å². The molecular weight excluding hydrogens is 342 g/mol. The van der Waals surface area contributed by atoms with Crippen molar-refractivity contribution in [3.05, 3.63) is 0 Å². The molecule has 0 fully saturated rings. The molecule has 12 heteroatoms. The SMILES string of the molecule is C[C@@H](O)[C@H](N)C(=O)N[C@@H](CCC(=O)O)C(=O)N[C@@H](CC(=O)O)C(=O)O. The molecule has 0 bridgehead atoms. The van der Waals surface area contributed by atoms with Crippen LogP contribution >= 0.6 is 0 Å². The Kier molecular flexibility index (Phi) is 9.09. The van der Waals surface area contributed by atoms with Gasteiger partial charge in [-0.05, 0) is 13.3 Å². The number of aliphatic carboxylic acids is 3. The van der Waals surface area contributed by atoms with Gasteiger partial charge in [-0.15, -0.1) is 0 Å². The van der Waals surface area contributed by atoms with Crippen molar-refractivity contribution in [3.63, 3.8) is 0 Å². The molecule has 0 rings (SSSR count). The number of aliphatic hydroxyl groups is 1. The standard InChI is InChI=1S/C13H21N3O9/c1-5(17)10(14)12(23)15-6(2-3-8(18)19)11(22)16-7(13(24)25)4-9(20)21/h5-7,10,17H,2-4,14H2,1H3,(H,15,23)(H,16,22)(H,18,19)(H,20,21)(H,24,25)/t5-,6+,7+,10+/m1/s1. The highest BCUT2D eigenvalue weighted by molar-refractivity contribution is 5.93. The molecule has 0 saturated carbocycles. The Bertz CT molecular complexity index is 535. The number of amides is 2. The molecule has 0 heterocycles. The number of rotatable bonds is 11. The number of aliphatic hydroxyl groups excluding tert-OH is 1. The first-order chi connectivity index (χ1) is 11.5. The van der Waals surface area contributed by atoms with E-state index < -0.39 is 73.2 Å². The third-order valence-electron chi connectivity index (χ3n) is 3.10. The highest BCUT2D eigenvalue weighted by atomic mass is 16.4. The van der Waals surface area contributed by atoms with Gasteiger partial charge in [0, 0.05) is 6.42 Å². The molecule has 0 aliphatic heterocycles. The van der Waals surface area contributed by atoms with Crippen LogP contribution in [0.5, 0.6) is 0 Å². The van der Waals surface area contributed by atoms with Crippen molar-refractivity contribution in [2.75, 3.05) is 0 Å². The van der Waals surface area contributed by atoms with Gasteiger partial charge < -0.3 is 36.8 Å². The number of hydrogen-bond donors (Lipinski definition) is 7. The fourth-order valence-electron chi connectivity index (χ4n) is 1.67. The fourth-order valence-corrected chi connectivity index (χ4v) is 1.67. The van der Waals surface area contributed by atoms with Crippen LogP contribution in [0.3, 0.4) is 0 Å². The summed E-state index contributed by atoms with van der Waals surface area (Å²) in [5.41, 5.74) is 5.40. The van der Waals surface area contributed by atoms with E-state index in [4.69, 9.17) is 21.1 Å². The smallest absolute Gasteiger partial charge is 0.326 e. The Hall–Kier alpha value is -2.73. The predicted molar refractivity (Wildman–Crippen MR) is 80.3 cm³/mol. The van der Waals surface area contributed by atoms with Crippen LogP contribution in [0.2, 0.25) is 0 Å². The summed E-state index contributed by atoms with van der Waals surface area (Å²) >= 11 is 0. The van der Waals surface area contributed by atoms with E-state index in [0.717, 1.165) is 0 Å². The zero-order chi connectivity index (χ0) is 19.7. The van der Waals surface area contributed by atoms with Gasteiger partial charge in [0.1, 0.15) is 18.1 Å². The average molecular weight is 363 g/mol. The van der Waals surface area contributed by atoms with Crippen molar-refractivity contribution in [2.24, 2.45) is 5.73 Å². The van der Waals surface area contributed by atoms with Gasteiger partial charge in [-0.1, -0.05) is 0 Å². The van der Waals surface area contributed by atoms with Crippen LogP contribution in [-0.2, 0) is 24.0 Å². The summed E-state index contributed by atoms with van der Waals surface area (Å²) < 4.78 is 0. The summed E-state index contributed by atoms with van der Waals surface area (Å²) in [4.78, 5) is 56.1. The van der Waals surface area contributed by atoms with Gasteiger partial charge >= 0.3 is 17.9 Å². The maximum Gasteiger partial charge on any atom is 0.326 e. The first kappa shape index (κ1) is 22.3. The second kappa shape index (κ2) is 10.2. The van der Waals surface area contributed by atoms with Crippen LogP contribution < -0.4 is 16.4 Å². The molecule has 0 spiro atoms. The molecule has 0 aromatic heterocycles. The molecule has 0 aliphatic carbocycles. The average Bonchev–Trinajstić information content (AvgIpc) is 2.48. The highest BCUT2D eigenvalue weighted by Crippen LogP contribution is 2.02. The van der Waals surface area contributed by atoms with Crippen LogP contribution in [0.4, 0.5) is 0 Å². The number of nitrogens with one attached hydrogen (secondary N) is 2. The molecule has 142 valence electrons. The summed E-state index contributed by atoms with van der Waals surface area (Å²) in [5.74, 6) is -6.39. The van der Waals surface area contributed by atoms with Crippen molar-refractivity contribution in [1.82, 2.24) is 10.6 Å². The van der Waals surface area contributed by atoms with Crippen molar-refractivity contribution in [1.29, 1.82) is 0 Å².